The number of carbonyl (C=O) groups is 1. The van der Waals surface area contributed by atoms with E-state index in [9.17, 15) is 4.79 Å². The molecule has 32 heavy (non-hydrogen) atoms. The molecular weight excluding hydrogens is 472 g/mol. The molecule has 1 atom stereocenters. The maximum atomic E-state index is 12.7. The van der Waals surface area contributed by atoms with Crippen molar-refractivity contribution >= 4 is 27.7 Å². The Morgan fingerprint density at radius 2 is 2.19 bits per heavy atom. The Bertz CT molecular complexity index is 1040. The minimum Gasteiger partial charge on any atom is -0.496 e. The number of aromatic nitrogens is 4. The fourth-order valence-corrected chi connectivity index (χ4v) is 4.60. The van der Waals surface area contributed by atoms with Crippen molar-refractivity contribution in [1.29, 1.82) is 0 Å². The lowest BCUT2D eigenvalue weighted by molar-refractivity contribution is -0.121. The summed E-state index contributed by atoms with van der Waals surface area (Å²) in [6, 6.07) is 8.02. The number of carbonyl (C=O) groups excluding carboxylic acids is 1. The van der Waals surface area contributed by atoms with Crippen molar-refractivity contribution in [3.8, 4) is 11.7 Å². The molecule has 1 aliphatic heterocycles. The molecule has 3 heterocycles. The van der Waals surface area contributed by atoms with Crippen LogP contribution in [0.15, 0.2) is 53.7 Å². The lowest BCUT2D eigenvalue weighted by Gasteiger charge is -2.36. The number of amides is 1. The molecule has 0 radical (unpaired) electrons. The lowest BCUT2D eigenvalue weighted by Crippen LogP contribution is -2.43. The zero-order chi connectivity index (χ0) is 22.3. The minimum atomic E-state index is 0.0679. The Kier molecular flexibility index (Phi) is 7.36. The first kappa shape index (κ1) is 22.3. The monoisotopic (exact) mass is 498 g/mol. The summed E-state index contributed by atoms with van der Waals surface area (Å²) in [6.07, 6.45) is 11.4. The zero-order valence-corrected chi connectivity index (χ0v) is 19.7. The van der Waals surface area contributed by atoms with Gasteiger partial charge in [0.1, 0.15) is 17.9 Å². The lowest BCUT2D eigenvalue weighted by atomic mass is 9.99. The molecule has 0 spiro atoms. The van der Waals surface area contributed by atoms with Crippen LogP contribution in [-0.2, 0) is 11.2 Å². The van der Waals surface area contributed by atoms with Crippen molar-refractivity contribution in [2.75, 3.05) is 25.1 Å². The van der Waals surface area contributed by atoms with Gasteiger partial charge in [-0.25, -0.2) is 9.97 Å². The van der Waals surface area contributed by atoms with E-state index in [1.165, 1.54) is 0 Å². The summed E-state index contributed by atoms with van der Waals surface area (Å²) in [6.45, 7) is 1.49. The summed E-state index contributed by atoms with van der Waals surface area (Å²) in [5, 5.41) is 3.07. The third kappa shape index (κ3) is 5.45. The van der Waals surface area contributed by atoms with Gasteiger partial charge < -0.3 is 15.0 Å². The average Bonchev–Trinajstić information content (AvgIpc) is 3.35. The molecule has 0 aliphatic carbocycles. The summed E-state index contributed by atoms with van der Waals surface area (Å²) < 4.78 is 7.97. The number of anilines is 1. The number of nitrogens with one attached hydrogen (secondary N) is 1. The number of hydrogen-bond acceptors (Lipinski definition) is 6. The molecule has 3 aromatic rings. The van der Waals surface area contributed by atoms with Gasteiger partial charge in [0.15, 0.2) is 0 Å². The van der Waals surface area contributed by atoms with Gasteiger partial charge in [-0.3, -0.25) is 9.36 Å². The van der Waals surface area contributed by atoms with E-state index in [1.807, 2.05) is 30.5 Å². The SMILES string of the molecule is COc1ccc(CCNC(=O)CC2CCCCN2c2ccnc(-n3ccnc3)n2)cc1Br. The van der Waals surface area contributed by atoms with Crippen LogP contribution >= 0.6 is 15.9 Å². The smallest absolute Gasteiger partial charge is 0.236 e. The van der Waals surface area contributed by atoms with E-state index in [4.69, 9.17) is 9.72 Å². The maximum Gasteiger partial charge on any atom is 0.236 e. The van der Waals surface area contributed by atoms with Crippen molar-refractivity contribution in [2.24, 2.45) is 0 Å². The Labute approximate surface area is 196 Å². The summed E-state index contributed by atoms with van der Waals surface area (Å²) in [5.41, 5.74) is 1.14. The topological polar surface area (TPSA) is 85.2 Å². The van der Waals surface area contributed by atoms with Crippen LogP contribution < -0.4 is 15.0 Å². The number of ether oxygens (including phenoxy) is 1. The van der Waals surface area contributed by atoms with Crippen LogP contribution in [0.25, 0.3) is 5.95 Å². The highest BCUT2D eigenvalue weighted by Crippen LogP contribution is 2.26. The van der Waals surface area contributed by atoms with E-state index in [1.54, 1.807) is 30.4 Å². The zero-order valence-electron chi connectivity index (χ0n) is 18.1. The van der Waals surface area contributed by atoms with Gasteiger partial charge >= 0.3 is 0 Å². The van der Waals surface area contributed by atoms with Crippen LogP contribution in [0.1, 0.15) is 31.2 Å². The summed E-state index contributed by atoms with van der Waals surface area (Å²) in [7, 11) is 1.65. The van der Waals surface area contributed by atoms with Gasteiger partial charge in [0.2, 0.25) is 11.9 Å². The van der Waals surface area contributed by atoms with Gasteiger partial charge in [0.05, 0.1) is 11.6 Å². The number of methoxy groups -OCH3 is 1. The molecule has 8 nitrogen and oxygen atoms in total. The van der Waals surface area contributed by atoms with Crippen molar-refractivity contribution in [1.82, 2.24) is 24.8 Å². The normalized spacial score (nSPS) is 16.1. The third-order valence-electron chi connectivity index (χ3n) is 5.66. The predicted molar refractivity (Wildman–Crippen MR) is 126 cm³/mol. The van der Waals surface area contributed by atoms with Crippen molar-refractivity contribution < 1.29 is 9.53 Å². The second-order valence-corrected chi connectivity index (χ2v) is 8.66. The second kappa shape index (κ2) is 10.6. The van der Waals surface area contributed by atoms with Crippen LogP contribution in [0.3, 0.4) is 0 Å². The number of nitrogens with zero attached hydrogens (tertiary/aromatic N) is 5. The molecule has 1 aliphatic rings. The van der Waals surface area contributed by atoms with E-state index in [-0.39, 0.29) is 11.9 Å². The Hall–Kier alpha value is -2.94. The minimum absolute atomic E-state index is 0.0679. The number of benzene rings is 1. The molecule has 1 fully saturated rings. The van der Waals surface area contributed by atoms with Gasteiger partial charge in [-0.2, -0.15) is 4.98 Å². The van der Waals surface area contributed by atoms with Gasteiger partial charge in [-0.1, -0.05) is 6.07 Å². The molecule has 0 saturated carbocycles. The standard InChI is InChI=1S/C23H27BrN6O2/c1-32-20-6-5-17(14-19(20)24)7-9-26-22(31)15-18-4-2-3-12-30(18)21-8-10-27-23(28-21)29-13-11-25-16-29/h5-6,8,10-11,13-14,16,18H,2-4,7,9,12,15H2,1H3,(H,26,31). The fraction of sp³-hybridized carbons (Fsp3) is 0.391. The van der Waals surface area contributed by atoms with E-state index in [0.29, 0.717) is 18.9 Å². The van der Waals surface area contributed by atoms with E-state index in [2.05, 4.69) is 36.1 Å². The fourth-order valence-electron chi connectivity index (χ4n) is 4.01. The summed E-state index contributed by atoms with van der Waals surface area (Å²) in [5.74, 6) is 2.30. The number of halogens is 1. The van der Waals surface area contributed by atoms with Crippen molar-refractivity contribution in [2.45, 2.75) is 38.1 Å². The summed E-state index contributed by atoms with van der Waals surface area (Å²) in [4.78, 5) is 28.1. The predicted octanol–water partition coefficient (Wildman–Crippen LogP) is 3.54. The first-order chi connectivity index (χ1) is 15.6. The first-order valence-electron chi connectivity index (χ1n) is 10.8. The van der Waals surface area contributed by atoms with E-state index in [0.717, 1.165) is 53.8 Å². The van der Waals surface area contributed by atoms with Crippen LogP contribution in [0.2, 0.25) is 0 Å². The molecule has 1 saturated heterocycles. The van der Waals surface area contributed by atoms with Crippen LogP contribution in [0, 0.1) is 0 Å². The summed E-state index contributed by atoms with van der Waals surface area (Å²) >= 11 is 3.51. The molecule has 9 heteroatoms. The van der Waals surface area contributed by atoms with Crippen LogP contribution in [-0.4, -0.2) is 51.7 Å². The molecule has 1 N–H and O–H groups in total. The molecule has 1 unspecified atom stereocenters. The maximum absolute atomic E-state index is 12.7. The van der Waals surface area contributed by atoms with E-state index >= 15 is 0 Å². The molecule has 1 amide bonds. The molecule has 0 bridgehead atoms. The Morgan fingerprint density at radius 3 is 2.97 bits per heavy atom. The quantitative estimate of drug-likeness (QED) is 0.511. The second-order valence-electron chi connectivity index (χ2n) is 7.80. The van der Waals surface area contributed by atoms with E-state index < -0.39 is 0 Å². The third-order valence-corrected chi connectivity index (χ3v) is 6.28. The number of hydrogen-bond donors (Lipinski definition) is 1. The Balaban J connectivity index is 1.34. The Morgan fingerprint density at radius 1 is 1.28 bits per heavy atom. The van der Waals surface area contributed by atoms with Gasteiger partial charge in [0, 0.05) is 44.1 Å². The van der Waals surface area contributed by atoms with Crippen LogP contribution in [0.5, 0.6) is 5.75 Å². The van der Waals surface area contributed by atoms with Gasteiger partial charge in [-0.05, 0) is 65.4 Å². The highest BCUT2D eigenvalue weighted by atomic mass is 79.9. The van der Waals surface area contributed by atoms with Gasteiger partial charge in [-0.15, -0.1) is 0 Å². The number of imidazole rings is 1. The van der Waals surface area contributed by atoms with Gasteiger partial charge in [0.25, 0.3) is 0 Å². The highest BCUT2D eigenvalue weighted by Gasteiger charge is 2.26. The number of piperidine rings is 1. The van der Waals surface area contributed by atoms with Crippen molar-refractivity contribution in [3.05, 3.63) is 59.2 Å². The van der Waals surface area contributed by atoms with Crippen LogP contribution in [0.4, 0.5) is 5.82 Å². The highest BCUT2D eigenvalue weighted by molar-refractivity contribution is 9.10. The first-order valence-corrected chi connectivity index (χ1v) is 11.6. The molecule has 168 valence electrons. The molecule has 2 aromatic heterocycles. The molecular formula is C23H27BrN6O2. The largest absolute Gasteiger partial charge is 0.496 e. The average molecular weight is 499 g/mol. The van der Waals surface area contributed by atoms with Crippen molar-refractivity contribution in [3.63, 3.8) is 0 Å². The number of rotatable bonds is 8. The molecule has 4 rings (SSSR count). The molecule has 1 aromatic carbocycles.